The number of cyclic esters (lactones) is 1. The Hall–Kier alpha value is -4.97. The van der Waals surface area contributed by atoms with Crippen molar-refractivity contribution in [1.29, 1.82) is 5.26 Å². The van der Waals surface area contributed by atoms with Crippen LogP contribution in [-0.4, -0.2) is 41.2 Å². The molecule has 2 amide bonds. The number of benzene rings is 2. The molecule has 9 heteroatoms. The van der Waals surface area contributed by atoms with E-state index in [1.54, 1.807) is 36.5 Å². The number of nitrogens with zero attached hydrogens (tertiary/aromatic N) is 4. The Morgan fingerprint density at radius 2 is 1.93 bits per heavy atom. The Kier molecular flexibility index (Phi) is 8.42. The number of ether oxygens (including phenoxy) is 1. The fourth-order valence-corrected chi connectivity index (χ4v) is 5.79. The molecule has 1 N–H and O–H groups in total. The number of nitriles is 1. The van der Waals surface area contributed by atoms with Crippen LogP contribution in [0.5, 0.6) is 0 Å². The van der Waals surface area contributed by atoms with E-state index in [2.05, 4.69) is 33.5 Å². The molecule has 3 heterocycles. The summed E-state index contributed by atoms with van der Waals surface area (Å²) < 4.78 is 11.6. The molecule has 2 aromatic carbocycles. The summed E-state index contributed by atoms with van der Waals surface area (Å²) in [4.78, 5) is 36.0. The zero-order chi connectivity index (χ0) is 30.6. The standard InChI is InChI=1S/C35H35N5O4/c1-22(2)29-16-25(18-36)17-30-32(29)44-34(39-30)27-13-11-26(12-14-27)33(41)38-20-28-21-40(35(42)43-28)31-15-10-24(19-37-31)9-8-23-6-4-3-5-7-23/h8-17,19,22-23,28H,3-7,20-21H2,1-2H3,(H,38,41)/b9-8+. The maximum atomic E-state index is 12.9. The number of carbonyl (C=O) groups excluding carboxylic acids is 2. The lowest BCUT2D eigenvalue weighted by Gasteiger charge is -2.17. The number of carbonyl (C=O) groups is 2. The summed E-state index contributed by atoms with van der Waals surface area (Å²) in [5.74, 6) is 1.47. The Morgan fingerprint density at radius 3 is 2.64 bits per heavy atom. The molecule has 44 heavy (non-hydrogen) atoms. The number of pyridine rings is 1. The summed E-state index contributed by atoms with van der Waals surface area (Å²) in [6.45, 7) is 4.56. The van der Waals surface area contributed by atoms with Crippen molar-refractivity contribution in [3.8, 4) is 17.5 Å². The van der Waals surface area contributed by atoms with Crippen LogP contribution >= 0.6 is 0 Å². The predicted octanol–water partition coefficient (Wildman–Crippen LogP) is 7.23. The second-order valence-electron chi connectivity index (χ2n) is 11.8. The number of rotatable bonds is 8. The molecular formula is C35H35N5O4. The largest absolute Gasteiger partial charge is 0.442 e. The lowest BCUT2D eigenvalue weighted by Crippen LogP contribution is -2.34. The number of nitrogens with one attached hydrogen (secondary N) is 1. The van der Waals surface area contributed by atoms with Gasteiger partial charge in [0.1, 0.15) is 17.4 Å². The third kappa shape index (κ3) is 6.35. The Bertz CT molecular complexity index is 1730. The summed E-state index contributed by atoms with van der Waals surface area (Å²) in [7, 11) is 0. The van der Waals surface area contributed by atoms with Gasteiger partial charge in [0.05, 0.1) is 24.7 Å². The summed E-state index contributed by atoms with van der Waals surface area (Å²) in [5, 5.41) is 12.2. The lowest BCUT2D eigenvalue weighted by atomic mass is 9.89. The molecule has 0 radical (unpaired) electrons. The van der Waals surface area contributed by atoms with Gasteiger partial charge in [0.25, 0.3) is 5.91 Å². The molecule has 4 aromatic rings. The minimum absolute atomic E-state index is 0.166. The van der Waals surface area contributed by atoms with Gasteiger partial charge in [0, 0.05) is 22.9 Å². The third-order valence-electron chi connectivity index (χ3n) is 8.29. The van der Waals surface area contributed by atoms with E-state index in [4.69, 9.17) is 9.15 Å². The number of hydrogen-bond acceptors (Lipinski definition) is 7. The topological polar surface area (TPSA) is 121 Å². The van der Waals surface area contributed by atoms with Crippen molar-refractivity contribution in [1.82, 2.24) is 15.3 Å². The molecular weight excluding hydrogens is 554 g/mol. The van der Waals surface area contributed by atoms with E-state index in [1.807, 2.05) is 32.0 Å². The van der Waals surface area contributed by atoms with Crippen LogP contribution < -0.4 is 10.2 Å². The van der Waals surface area contributed by atoms with Crippen LogP contribution in [0.15, 0.2) is 65.2 Å². The van der Waals surface area contributed by atoms with Crippen LogP contribution in [0.25, 0.3) is 28.6 Å². The van der Waals surface area contributed by atoms with Crippen LogP contribution in [0.4, 0.5) is 10.6 Å². The normalized spacial score (nSPS) is 17.4. The van der Waals surface area contributed by atoms with E-state index in [9.17, 15) is 14.9 Å². The molecule has 2 fully saturated rings. The Balaban J connectivity index is 1.04. The van der Waals surface area contributed by atoms with Gasteiger partial charge in [-0.2, -0.15) is 5.26 Å². The first-order chi connectivity index (χ1) is 21.4. The molecule has 0 bridgehead atoms. The molecule has 2 aromatic heterocycles. The van der Waals surface area contributed by atoms with Gasteiger partial charge in [-0.05, 0) is 78.8 Å². The average Bonchev–Trinajstić information content (AvgIpc) is 3.66. The minimum Gasteiger partial charge on any atom is -0.442 e. The summed E-state index contributed by atoms with van der Waals surface area (Å²) in [5.41, 5.74) is 4.93. The summed E-state index contributed by atoms with van der Waals surface area (Å²) >= 11 is 0. The first-order valence-corrected chi connectivity index (χ1v) is 15.2. The molecule has 1 saturated carbocycles. The van der Waals surface area contributed by atoms with Gasteiger partial charge >= 0.3 is 6.09 Å². The van der Waals surface area contributed by atoms with Gasteiger partial charge in [-0.25, -0.2) is 14.8 Å². The third-order valence-corrected chi connectivity index (χ3v) is 8.29. The molecule has 6 rings (SSSR count). The Labute approximate surface area is 256 Å². The molecule has 224 valence electrons. The van der Waals surface area contributed by atoms with Crippen molar-refractivity contribution in [2.24, 2.45) is 5.92 Å². The van der Waals surface area contributed by atoms with E-state index in [0.717, 1.165) is 11.1 Å². The van der Waals surface area contributed by atoms with Crippen molar-refractivity contribution in [2.75, 3.05) is 18.0 Å². The highest BCUT2D eigenvalue weighted by Crippen LogP contribution is 2.32. The first-order valence-electron chi connectivity index (χ1n) is 15.2. The number of allylic oxidation sites excluding steroid dienone is 1. The van der Waals surface area contributed by atoms with Crippen molar-refractivity contribution < 1.29 is 18.7 Å². The number of amides is 2. The van der Waals surface area contributed by atoms with Gasteiger partial charge in [0.15, 0.2) is 5.58 Å². The second kappa shape index (κ2) is 12.7. The molecule has 1 aliphatic carbocycles. The van der Waals surface area contributed by atoms with E-state index in [1.165, 1.54) is 37.0 Å². The SMILES string of the molecule is CC(C)c1cc(C#N)cc2nc(-c3ccc(C(=O)NCC4CN(c5ccc(/C=C/C6CCCCC6)cn5)C(=O)O4)cc3)oc12. The number of fused-ring (bicyclic) bond motifs is 1. The van der Waals surface area contributed by atoms with E-state index in [-0.39, 0.29) is 18.4 Å². The molecule has 1 saturated heterocycles. The van der Waals surface area contributed by atoms with Crippen molar-refractivity contribution in [3.05, 3.63) is 83.1 Å². The zero-order valence-corrected chi connectivity index (χ0v) is 25.0. The number of oxazole rings is 1. The Morgan fingerprint density at radius 1 is 1.14 bits per heavy atom. The van der Waals surface area contributed by atoms with Crippen molar-refractivity contribution in [2.45, 2.75) is 58.0 Å². The van der Waals surface area contributed by atoms with Gasteiger partial charge in [-0.1, -0.05) is 45.3 Å². The van der Waals surface area contributed by atoms with Crippen LogP contribution in [0.3, 0.4) is 0 Å². The van der Waals surface area contributed by atoms with E-state index in [0.29, 0.717) is 52.0 Å². The maximum absolute atomic E-state index is 12.9. The molecule has 0 spiro atoms. The number of anilines is 1. The van der Waals surface area contributed by atoms with Gasteiger partial charge in [-0.15, -0.1) is 0 Å². The lowest BCUT2D eigenvalue weighted by molar-refractivity contribution is 0.0916. The van der Waals surface area contributed by atoms with Crippen molar-refractivity contribution in [3.63, 3.8) is 0 Å². The van der Waals surface area contributed by atoms with Crippen LogP contribution in [0.1, 0.15) is 78.9 Å². The predicted molar refractivity (Wildman–Crippen MR) is 168 cm³/mol. The molecule has 1 aliphatic heterocycles. The molecule has 2 aliphatic rings. The smallest absolute Gasteiger partial charge is 0.416 e. The van der Waals surface area contributed by atoms with Gasteiger partial charge < -0.3 is 14.5 Å². The van der Waals surface area contributed by atoms with Gasteiger partial charge in [0.2, 0.25) is 5.89 Å². The number of aromatic nitrogens is 2. The molecule has 9 nitrogen and oxygen atoms in total. The van der Waals surface area contributed by atoms with Crippen molar-refractivity contribution >= 4 is 35.0 Å². The molecule has 1 unspecified atom stereocenters. The fourth-order valence-electron chi connectivity index (χ4n) is 5.79. The molecule has 1 atom stereocenters. The first kappa shape index (κ1) is 29.1. The highest BCUT2D eigenvalue weighted by Gasteiger charge is 2.33. The van der Waals surface area contributed by atoms with E-state index >= 15 is 0 Å². The quantitative estimate of drug-likeness (QED) is 0.230. The fraction of sp³-hybridized carbons (Fsp3) is 0.343. The maximum Gasteiger partial charge on any atom is 0.416 e. The van der Waals surface area contributed by atoms with Crippen LogP contribution in [-0.2, 0) is 4.74 Å². The highest BCUT2D eigenvalue weighted by molar-refractivity contribution is 5.95. The summed E-state index contributed by atoms with van der Waals surface area (Å²) in [6, 6.07) is 16.5. The monoisotopic (exact) mass is 589 g/mol. The second-order valence-corrected chi connectivity index (χ2v) is 11.8. The van der Waals surface area contributed by atoms with E-state index < -0.39 is 12.2 Å². The minimum atomic E-state index is -0.494. The van der Waals surface area contributed by atoms with Gasteiger partial charge in [-0.3, -0.25) is 9.69 Å². The highest BCUT2D eigenvalue weighted by atomic mass is 16.6. The average molecular weight is 590 g/mol. The zero-order valence-electron chi connectivity index (χ0n) is 25.0. The van der Waals surface area contributed by atoms with Crippen LogP contribution in [0, 0.1) is 17.2 Å². The summed E-state index contributed by atoms with van der Waals surface area (Å²) in [6.07, 6.45) is 11.6. The number of hydrogen-bond donors (Lipinski definition) is 1. The van der Waals surface area contributed by atoms with Crippen LogP contribution in [0.2, 0.25) is 0 Å².